The van der Waals surface area contributed by atoms with Crippen LogP contribution in [0.4, 0.5) is 0 Å². The van der Waals surface area contributed by atoms with Crippen LogP contribution < -0.4 is 0 Å². The third-order valence-electron chi connectivity index (χ3n) is 5.00. The minimum atomic E-state index is 0.0751. The fraction of sp³-hybridized carbons (Fsp3) is 0.263. The highest BCUT2D eigenvalue weighted by molar-refractivity contribution is 6.09. The summed E-state index contributed by atoms with van der Waals surface area (Å²) < 4.78 is 2.08. The van der Waals surface area contributed by atoms with Crippen LogP contribution in [0.2, 0.25) is 0 Å². The van der Waals surface area contributed by atoms with Crippen molar-refractivity contribution >= 4 is 16.9 Å². The first-order chi connectivity index (χ1) is 12.3. The summed E-state index contributed by atoms with van der Waals surface area (Å²) in [5.74, 6) is 0.0751. The smallest absolute Gasteiger partial charge is 0.271 e. The maximum absolute atomic E-state index is 13.2. The molecule has 0 bridgehead atoms. The number of nitriles is 1. The van der Waals surface area contributed by atoms with Gasteiger partial charge in [-0.3, -0.25) is 9.78 Å². The lowest BCUT2D eigenvalue weighted by molar-refractivity contribution is 0.0694. The number of hydrogen-bond donors (Lipinski definition) is 0. The fourth-order valence-electron chi connectivity index (χ4n) is 3.69. The van der Waals surface area contributed by atoms with Crippen LogP contribution in [0.3, 0.4) is 0 Å². The molecule has 4 heterocycles. The van der Waals surface area contributed by atoms with Crippen LogP contribution in [-0.4, -0.2) is 37.9 Å². The van der Waals surface area contributed by atoms with Crippen LogP contribution in [0, 0.1) is 11.3 Å². The van der Waals surface area contributed by atoms with Crippen molar-refractivity contribution in [1.29, 1.82) is 5.26 Å². The van der Waals surface area contributed by atoms with E-state index in [0.717, 1.165) is 48.1 Å². The van der Waals surface area contributed by atoms with Gasteiger partial charge in [0.25, 0.3) is 5.91 Å². The highest BCUT2D eigenvalue weighted by Crippen LogP contribution is 2.38. The van der Waals surface area contributed by atoms with Gasteiger partial charge in [0.2, 0.25) is 0 Å². The average molecular weight is 329 g/mol. The SMILES string of the molecule is N#Cc1ccc(-c2c3n(c4cccnc24)CCN(C2CC2)C3=O)cn1. The Hall–Kier alpha value is -3.20. The van der Waals surface area contributed by atoms with E-state index in [1.807, 2.05) is 29.2 Å². The molecule has 1 fully saturated rings. The number of rotatable bonds is 2. The maximum atomic E-state index is 13.2. The second-order valence-electron chi connectivity index (χ2n) is 6.52. The summed E-state index contributed by atoms with van der Waals surface area (Å²) in [5.41, 5.74) is 4.49. The molecular formula is C19H15N5O. The minimum Gasteiger partial charge on any atom is -0.333 e. The number of amides is 1. The van der Waals surface area contributed by atoms with Gasteiger partial charge in [0.15, 0.2) is 0 Å². The Bertz CT molecular complexity index is 1040. The predicted molar refractivity (Wildman–Crippen MR) is 91.7 cm³/mol. The summed E-state index contributed by atoms with van der Waals surface area (Å²) in [6.45, 7) is 1.53. The van der Waals surface area contributed by atoms with Gasteiger partial charge in [-0.1, -0.05) is 0 Å². The third-order valence-corrected chi connectivity index (χ3v) is 5.00. The molecule has 3 aromatic rings. The third kappa shape index (κ3) is 2.06. The zero-order valence-corrected chi connectivity index (χ0v) is 13.5. The Kier molecular flexibility index (Phi) is 2.92. The molecular weight excluding hydrogens is 314 g/mol. The van der Waals surface area contributed by atoms with E-state index in [0.29, 0.717) is 17.4 Å². The molecule has 0 spiro atoms. The Morgan fingerprint density at radius 2 is 2.04 bits per heavy atom. The lowest BCUT2D eigenvalue weighted by Crippen LogP contribution is -2.41. The Morgan fingerprint density at radius 3 is 2.76 bits per heavy atom. The molecule has 1 saturated carbocycles. The van der Waals surface area contributed by atoms with E-state index >= 15 is 0 Å². The van der Waals surface area contributed by atoms with Gasteiger partial charge in [0, 0.05) is 42.7 Å². The van der Waals surface area contributed by atoms with Crippen LogP contribution in [-0.2, 0) is 6.54 Å². The molecule has 5 rings (SSSR count). The van der Waals surface area contributed by atoms with Crippen LogP contribution in [0.5, 0.6) is 0 Å². The summed E-state index contributed by atoms with van der Waals surface area (Å²) >= 11 is 0. The molecule has 1 aliphatic heterocycles. The van der Waals surface area contributed by atoms with E-state index in [9.17, 15) is 4.79 Å². The molecule has 0 saturated heterocycles. The van der Waals surface area contributed by atoms with E-state index in [4.69, 9.17) is 5.26 Å². The van der Waals surface area contributed by atoms with Gasteiger partial charge in [0.05, 0.1) is 11.0 Å². The molecule has 122 valence electrons. The standard InChI is InChI=1S/C19H15N5O/c20-10-13-4-3-12(11-22-13)16-17-15(2-1-7-21-17)24-9-8-23(14-5-6-14)19(25)18(16)24/h1-4,7,11,14H,5-6,8-9H2. The van der Waals surface area contributed by atoms with Crippen molar-refractivity contribution in [2.45, 2.75) is 25.4 Å². The molecule has 6 nitrogen and oxygen atoms in total. The number of hydrogen-bond acceptors (Lipinski definition) is 4. The second kappa shape index (κ2) is 5.15. The lowest BCUT2D eigenvalue weighted by atomic mass is 10.0. The maximum Gasteiger partial charge on any atom is 0.271 e. The monoisotopic (exact) mass is 329 g/mol. The molecule has 0 N–H and O–H groups in total. The Morgan fingerprint density at radius 1 is 1.16 bits per heavy atom. The molecule has 3 aromatic heterocycles. The molecule has 0 unspecified atom stereocenters. The molecule has 1 aliphatic carbocycles. The van der Waals surface area contributed by atoms with Crippen LogP contribution in [0.25, 0.3) is 22.2 Å². The van der Waals surface area contributed by atoms with Crippen LogP contribution >= 0.6 is 0 Å². The van der Waals surface area contributed by atoms with Crippen molar-refractivity contribution in [1.82, 2.24) is 19.4 Å². The van der Waals surface area contributed by atoms with E-state index in [2.05, 4.69) is 14.5 Å². The van der Waals surface area contributed by atoms with E-state index in [1.165, 1.54) is 0 Å². The number of carbonyl (C=O) groups excluding carboxylic acids is 1. The highest BCUT2D eigenvalue weighted by Gasteiger charge is 2.39. The normalized spacial score (nSPS) is 16.8. The van der Waals surface area contributed by atoms with E-state index < -0.39 is 0 Å². The van der Waals surface area contributed by atoms with Crippen molar-refractivity contribution in [2.24, 2.45) is 0 Å². The van der Waals surface area contributed by atoms with Crippen molar-refractivity contribution in [2.75, 3.05) is 6.54 Å². The summed E-state index contributed by atoms with van der Waals surface area (Å²) in [4.78, 5) is 23.9. The van der Waals surface area contributed by atoms with Gasteiger partial charge >= 0.3 is 0 Å². The fourth-order valence-corrected chi connectivity index (χ4v) is 3.69. The first-order valence-electron chi connectivity index (χ1n) is 8.42. The summed E-state index contributed by atoms with van der Waals surface area (Å²) in [6, 6.07) is 9.85. The average Bonchev–Trinajstić information content (AvgIpc) is 3.44. The summed E-state index contributed by atoms with van der Waals surface area (Å²) in [6.07, 6.45) is 5.60. The quantitative estimate of drug-likeness (QED) is 0.724. The number of fused-ring (bicyclic) bond motifs is 3. The molecule has 25 heavy (non-hydrogen) atoms. The van der Waals surface area contributed by atoms with Crippen molar-refractivity contribution in [3.8, 4) is 17.2 Å². The molecule has 0 radical (unpaired) electrons. The zero-order valence-electron chi connectivity index (χ0n) is 13.5. The minimum absolute atomic E-state index is 0.0751. The molecule has 2 aliphatic rings. The second-order valence-corrected chi connectivity index (χ2v) is 6.52. The number of nitrogens with zero attached hydrogens (tertiary/aromatic N) is 5. The Labute approximate surface area is 144 Å². The number of carbonyl (C=O) groups is 1. The van der Waals surface area contributed by atoms with Gasteiger partial charge in [0.1, 0.15) is 17.5 Å². The van der Waals surface area contributed by atoms with Crippen LogP contribution in [0.15, 0.2) is 36.7 Å². The van der Waals surface area contributed by atoms with Crippen molar-refractivity contribution in [3.05, 3.63) is 48.0 Å². The number of pyridine rings is 2. The van der Waals surface area contributed by atoms with E-state index in [1.54, 1.807) is 18.5 Å². The highest BCUT2D eigenvalue weighted by atomic mass is 16.2. The van der Waals surface area contributed by atoms with Crippen molar-refractivity contribution in [3.63, 3.8) is 0 Å². The first kappa shape index (κ1) is 14.2. The van der Waals surface area contributed by atoms with E-state index in [-0.39, 0.29) is 5.91 Å². The molecule has 1 amide bonds. The zero-order chi connectivity index (χ0) is 17.0. The first-order valence-corrected chi connectivity index (χ1v) is 8.42. The van der Waals surface area contributed by atoms with Crippen molar-refractivity contribution < 1.29 is 4.79 Å². The van der Waals surface area contributed by atoms with Gasteiger partial charge in [-0.15, -0.1) is 0 Å². The summed E-state index contributed by atoms with van der Waals surface area (Å²) in [5, 5.41) is 8.98. The van der Waals surface area contributed by atoms with Gasteiger partial charge < -0.3 is 9.47 Å². The molecule has 0 aromatic carbocycles. The molecule has 0 atom stereocenters. The number of aromatic nitrogens is 3. The molecule has 6 heteroatoms. The topological polar surface area (TPSA) is 74.8 Å². The predicted octanol–water partition coefficient (Wildman–Crippen LogP) is 2.59. The lowest BCUT2D eigenvalue weighted by Gasteiger charge is -2.29. The largest absolute Gasteiger partial charge is 0.333 e. The van der Waals surface area contributed by atoms with Gasteiger partial charge in [-0.05, 0) is 37.1 Å². The Balaban J connectivity index is 1.77. The van der Waals surface area contributed by atoms with Gasteiger partial charge in [-0.25, -0.2) is 4.98 Å². The summed E-state index contributed by atoms with van der Waals surface area (Å²) in [7, 11) is 0. The van der Waals surface area contributed by atoms with Crippen LogP contribution in [0.1, 0.15) is 29.0 Å². The van der Waals surface area contributed by atoms with Gasteiger partial charge in [-0.2, -0.15) is 5.26 Å².